The summed E-state index contributed by atoms with van der Waals surface area (Å²) in [6.45, 7) is 13.7. The van der Waals surface area contributed by atoms with Gasteiger partial charge in [0.25, 0.3) is 0 Å². The molecule has 0 aromatic rings. The van der Waals surface area contributed by atoms with Gasteiger partial charge in [0.05, 0.1) is 0 Å². The van der Waals surface area contributed by atoms with Gasteiger partial charge in [0.1, 0.15) is 0 Å². The molecule has 0 aromatic carbocycles. The van der Waals surface area contributed by atoms with E-state index in [4.69, 9.17) is 0 Å². The Labute approximate surface area is 119 Å². The summed E-state index contributed by atoms with van der Waals surface area (Å²) in [4.78, 5) is 5.23. The van der Waals surface area contributed by atoms with Crippen LogP contribution in [0.2, 0.25) is 0 Å². The third-order valence-corrected chi connectivity index (χ3v) is 4.97. The maximum absolute atomic E-state index is 3.77. The second kappa shape index (κ2) is 8.23. The summed E-state index contributed by atoms with van der Waals surface area (Å²) in [6.07, 6.45) is 6.89. The molecule has 112 valence electrons. The first-order valence-electron chi connectivity index (χ1n) is 8.47. The van der Waals surface area contributed by atoms with Crippen LogP contribution in [-0.4, -0.2) is 61.7 Å². The van der Waals surface area contributed by atoms with Crippen LogP contribution in [0, 0.1) is 5.92 Å². The SMILES string of the molecule is CCCN1CCC(C(C)NCCN2CCCC2)CC1. The van der Waals surface area contributed by atoms with Crippen LogP contribution < -0.4 is 5.32 Å². The first-order valence-corrected chi connectivity index (χ1v) is 8.47. The van der Waals surface area contributed by atoms with Gasteiger partial charge >= 0.3 is 0 Å². The number of piperidine rings is 1. The lowest BCUT2D eigenvalue weighted by Crippen LogP contribution is -2.44. The summed E-state index contributed by atoms with van der Waals surface area (Å²) in [6, 6.07) is 0.700. The highest BCUT2D eigenvalue weighted by molar-refractivity contribution is 4.80. The lowest BCUT2D eigenvalue weighted by molar-refractivity contribution is 0.161. The van der Waals surface area contributed by atoms with Crippen LogP contribution in [0.1, 0.15) is 46.0 Å². The Morgan fingerprint density at radius 3 is 2.26 bits per heavy atom. The van der Waals surface area contributed by atoms with E-state index in [0.29, 0.717) is 6.04 Å². The molecule has 3 heteroatoms. The van der Waals surface area contributed by atoms with Crippen molar-refractivity contribution in [1.82, 2.24) is 15.1 Å². The van der Waals surface area contributed by atoms with E-state index >= 15 is 0 Å². The first-order chi connectivity index (χ1) is 9.29. The Balaban J connectivity index is 1.57. The van der Waals surface area contributed by atoms with Crippen LogP contribution in [0.15, 0.2) is 0 Å². The van der Waals surface area contributed by atoms with Crippen molar-refractivity contribution in [2.75, 3.05) is 45.8 Å². The van der Waals surface area contributed by atoms with E-state index in [-0.39, 0.29) is 0 Å². The first kappa shape index (κ1) is 15.3. The molecule has 2 fully saturated rings. The molecule has 2 aliphatic rings. The van der Waals surface area contributed by atoms with Crippen LogP contribution >= 0.6 is 0 Å². The van der Waals surface area contributed by atoms with Crippen LogP contribution in [0.25, 0.3) is 0 Å². The largest absolute Gasteiger partial charge is 0.313 e. The van der Waals surface area contributed by atoms with Gasteiger partial charge in [-0.15, -0.1) is 0 Å². The van der Waals surface area contributed by atoms with E-state index in [1.807, 2.05) is 0 Å². The summed E-state index contributed by atoms with van der Waals surface area (Å²) in [5.74, 6) is 0.895. The molecule has 0 aliphatic carbocycles. The molecule has 1 atom stereocenters. The third kappa shape index (κ3) is 5.05. The normalized spacial score (nSPS) is 24.9. The fourth-order valence-electron chi connectivity index (χ4n) is 3.62. The van der Waals surface area contributed by atoms with Crippen molar-refractivity contribution in [3.8, 4) is 0 Å². The van der Waals surface area contributed by atoms with E-state index in [0.717, 1.165) is 5.92 Å². The van der Waals surface area contributed by atoms with Crippen molar-refractivity contribution in [3.05, 3.63) is 0 Å². The second-order valence-corrected chi connectivity index (χ2v) is 6.47. The molecule has 2 aliphatic heterocycles. The van der Waals surface area contributed by atoms with Gasteiger partial charge in [-0.05, 0) is 77.7 Å². The average molecular weight is 267 g/mol. The maximum Gasteiger partial charge on any atom is 0.0107 e. The molecule has 1 N–H and O–H groups in total. The van der Waals surface area contributed by atoms with Gasteiger partial charge < -0.3 is 15.1 Å². The molecule has 2 heterocycles. The molecular weight excluding hydrogens is 234 g/mol. The standard InChI is InChI=1S/C16H33N3/c1-3-9-18-12-6-16(7-13-18)15(2)17-8-14-19-10-4-5-11-19/h15-17H,3-14H2,1-2H3. The Bertz CT molecular complexity index is 230. The molecular formula is C16H33N3. The van der Waals surface area contributed by atoms with Crippen LogP contribution in [-0.2, 0) is 0 Å². The molecule has 2 rings (SSSR count). The van der Waals surface area contributed by atoms with E-state index in [9.17, 15) is 0 Å². The monoisotopic (exact) mass is 267 g/mol. The Kier molecular flexibility index (Phi) is 6.62. The molecule has 0 bridgehead atoms. The van der Waals surface area contributed by atoms with Crippen molar-refractivity contribution in [2.24, 2.45) is 5.92 Å². The van der Waals surface area contributed by atoms with Crippen molar-refractivity contribution in [2.45, 2.75) is 52.0 Å². The smallest absolute Gasteiger partial charge is 0.0107 e. The molecule has 0 saturated carbocycles. The topological polar surface area (TPSA) is 18.5 Å². The molecule has 0 spiro atoms. The van der Waals surface area contributed by atoms with Crippen molar-refractivity contribution in [3.63, 3.8) is 0 Å². The summed E-state index contributed by atoms with van der Waals surface area (Å²) in [5, 5.41) is 3.77. The molecule has 2 saturated heterocycles. The van der Waals surface area contributed by atoms with Crippen LogP contribution in [0.3, 0.4) is 0 Å². The molecule has 0 radical (unpaired) electrons. The van der Waals surface area contributed by atoms with Gasteiger partial charge in [-0.3, -0.25) is 0 Å². The number of nitrogens with zero attached hydrogens (tertiary/aromatic N) is 2. The Morgan fingerprint density at radius 2 is 1.63 bits per heavy atom. The molecule has 0 amide bonds. The van der Waals surface area contributed by atoms with Gasteiger partial charge in [0.15, 0.2) is 0 Å². The zero-order valence-corrected chi connectivity index (χ0v) is 13.0. The molecule has 19 heavy (non-hydrogen) atoms. The minimum atomic E-state index is 0.700. The highest BCUT2D eigenvalue weighted by atomic mass is 15.2. The van der Waals surface area contributed by atoms with Crippen molar-refractivity contribution < 1.29 is 0 Å². The average Bonchev–Trinajstić information content (AvgIpc) is 2.93. The number of hydrogen-bond donors (Lipinski definition) is 1. The molecule has 3 nitrogen and oxygen atoms in total. The van der Waals surface area contributed by atoms with Crippen LogP contribution in [0.4, 0.5) is 0 Å². The van der Waals surface area contributed by atoms with Gasteiger partial charge in [0, 0.05) is 19.1 Å². The van der Waals surface area contributed by atoms with Gasteiger partial charge in [0.2, 0.25) is 0 Å². The summed E-state index contributed by atoms with van der Waals surface area (Å²) in [5.41, 5.74) is 0. The Hall–Kier alpha value is -0.120. The highest BCUT2D eigenvalue weighted by Crippen LogP contribution is 2.20. The van der Waals surface area contributed by atoms with Gasteiger partial charge in [-0.1, -0.05) is 6.92 Å². The maximum atomic E-state index is 3.77. The highest BCUT2D eigenvalue weighted by Gasteiger charge is 2.23. The van der Waals surface area contributed by atoms with Crippen LogP contribution in [0.5, 0.6) is 0 Å². The summed E-state index contributed by atoms with van der Waals surface area (Å²) < 4.78 is 0. The van der Waals surface area contributed by atoms with Crippen molar-refractivity contribution >= 4 is 0 Å². The summed E-state index contributed by atoms with van der Waals surface area (Å²) >= 11 is 0. The van der Waals surface area contributed by atoms with Crippen molar-refractivity contribution in [1.29, 1.82) is 0 Å². The fraction of sp³-hybridized carbons (Fsp3) is 1.00. The second-order valence-electron chi connectivity index (χ2n) is 6.47. The zero-order chi connectivity index (χ0) is 13.5. The minimum absolute atomic E-state index is 0.700. The number of rotatable bonds is 7. The predicted molar refractivity (Wildman–Crippen MR) is 82.6 cm³/mol. The van der Waals surface area contributed by atoms with E-state index in [1.54, 1.807) is 0 Å². The van der Waals surface area contributed by atoms with E-state index in [2.05, 4.69) is 29.0 Å². The van der Waals surface area contributed by atoms with E-state index in [1.165, 1.54) is 77.9 Å². The summed E-state index contributed by atoms with van der Waals surface area (Å²) in [7, 11) is 0. The minimum Gasteiger partial charge on any atom is -0.313 e. The Morgan fingerprint density at radius 1 is 1.00 bits per heavy atom. The number of likely N-dealkylation sites (tertiary alicyclic amines) is 2. The zero-order valence-electron chi connectivity index (χ0n) is 13.0. The van der Waals surface area contributed by atoms with Gasteiger partial charge in [-0.25, -0.2) is 0 Å². The lowest BCUT2D eigenvalue weighted by atomic mass is 9.90. The lowest BCUT2D eigenvalue weighted by Gasteiger charge is -2.35. The fourth-order valence-corrected chi connectivity index (χ4v) is 3.62. The third-order valence-electron chi connectivity index (χ3n) is 4.97. The number of nitrogens with one attached hydrogen (secondary N) is 1. The molecule has 0 aromatic heterocycles. The van der Waals surface area contributed by atoms with Gasteiger partial charge in [-0.2, -0.15) is 0 Å². The van der Waals surface area contributed by atoms with E-state index < -0.39 is 0 Å². The number of hydrogen-bond acceptors (Lipinski definition) is 3. The quantitative estimate of drug-likeness (QED) is 0.763. The molecule has 1 unspecified atom stereocenters. The predicted octanol–water partition coefficient (Wildman–Crippen LogP) is 2.18.